The molecule has 0 saturated heterocycles. The molecule has 0 saturated carbocycles. The molecule has 0 aliphatic heterocycles. The summed E-state index contributed by atoms with van der Waals surface area (Å²) in [4.78, 5) is 0. The molecule has 0 aliphatic rings. The number of ether oxygens (including phenoxy) is 1. The Morgan fingerprint density at radius 1 is 1.44 bits per heavy atom. The third kappa shape index (κ3) is 12.2. The Morgan fingerprint density at radius 3 is 2.56 bits per heavy atom. The van der Waals surface area contributed by atoms with E-state index in [0.29, 0.717) is 13.2 Å². The molecule has 1 N–H and O–H groups in total. The second-order valence-electron chi connectivity index (χ2n) is 1.42. The summed E-state index contributed by atoms with van der Waals surface area (Å²) >= 11 is 0. The van der Waals surface area contributed by atoms with Crippen molar-refractivity contribution in [1.29, 1.82) is 0 Å². The summed E-state index contributed by atoms with van der Waals surface area (Å²) in [6.45, 7) is 1.66. The molecule has 0 bridgehead atoms. The average molecular weight is 141 g/mol. The second kappa shape index (κ2) is 11.6. The van der Waals surface area contributed by atoms with Crippen LogP contribution >= 0.6 is 0 Å². The predicted octanol–water partition coefficient (Wildman–Crippen LogP) is -4.41. The predicted molar refractivity (Wildman–Crippen MR) is 29.6 cm³/mol. The average Bonchev–Trinajstić information content (AvgIpc) is 1.81. The van der Waals surface area contributed by atoms with Crippen molar-refractivity contribution in [2.24, 2.45) is 0 Å². The van der Waals surface area contributed by atoms with Gasteiger partial charge in [0.1, 0.15) is 0 Å². The molecule has 0 aromatic rings. The first-order valence-corrected chi connectivity index (χ1v) is 2.72. The molecule has 0 spiro atoms. The van der Waals surface area contributed by atoms with Gasteiger partial charge in [0, 0.05) is 13.2 Å². The number of nitrogens with one attached hydrogen (secondary N) is 1. The summed E-state index contributed by atoms with van der Waals surface area (Å²) in [6, 6.07) is 0. The van der Waals surface area contributed by atoms with Crippen molar-refractivity contribution in [3.8, 4) is 0 Å². The third-order valence-electron chi connectivity index (χ3n) is 0.724. The monoisotopic (exact) mass is 141 g/mol. The zero-order chi connectivity index (χ0) is 6.24. The van der Waals surface area contributed by atoms with E-state index in [0.717, 1.165) is 6.54 Å². The Labute approximate surface area is 78.1 Å². The Bertz CT molecular complexity index is 39.9. The minimum atomic E-state index is -0.135. The van der Waals surface area contributed by atoms with Gasteiger partial charge in [-0.15, -0.1) is 6.61 Å². The van der Waals surface area contributed by atoms with E-state index in [1.165, 1.54) is 0 Å². The van der Waals surface area contributed by atoms with E-state index in [1.807, 2.05) is 7.05 Å². The van der Waals surface area contributed by atoms with Crippen molar-refractivity contribution in [2.75, 3.05) is 33.4 Å². The zero-order valence-corrected chi connectivity index (χ0v) is 8.14. The van der Waals surface area contributed by atoms with E-state index in [9.17, 15) is 5.11 Å². The second-order valence-corrected chi connectivity index (χ2v) is 1.42. The van der Waals surface area contributed by atoms with Gasteiger partial charge in [-0.25, -0.2) is 0 Å². The topological polar surface area (TPSA) is 44.3 Å². The summed E-state index contributed by atoms with van der Waals surface area (Å²) < 4.78 is 4.85. The molecule has 9 heavy (non-hydrogen) atoms. The quantitative estimate of drug-likeness (QED) is 0.310. The van der Waals surface area contributed by atoms with Gasteiger partial charge < -0.3 is 15.2 Å². The fourth-order valence-corrected chi connectivity index (χ4v) is 0.335. The number of hydrogen-bond acceptors (Lipinski definition) is 3. The standard InChI is InChI=1S/C5H12NO2.Na/c1-6-2-4-8-5-3-7;/h6H,2-5H2,1H3;/q-1;+1. The molecule has 0 rings (SSSR count). The number of hydrogen-bond donors (Lipinski definition) is 1. The minimum Gasteiger partial charge on any atom is -0.853 e. The van der Waals surface area contributed by atoms with Gasteiger partial charge in [-0.1, -0.05) is 0 Å². The van der Waals surface area contributed by atoms with Crippen LogP contribution in [0, 0.1) is 0 Å². The Kier molecular flexibility index (Phi) is 16.2. The molecule has 0 aromatic carbocycles. The van der Waals surface area contributed by atoms with Gasteiger partial charge in [-0.2, -0.15) is 0 Å². The van der Waals surface area contributed by atoms with E-state index >= 15 is 0 Å². The molecule has 0 aliphatic carbocycles. The van der Waals surface area contributed by atoms with Gasteiger partial charge in [0.05, 0.1) is 6.61 Å². The summed E-state index contributed by atoms with van der Waals surface area (Å²) in [5.41, 5.74) is 0. The summed E-state index contributed by atoms with van der Waals surface area (Å²) in [5.74, 6) is 0. The smallest absolute Gasteiger partial charge is 0.853 e. The van der Waals surface area contributed by atoms with Crippen molar-refractivity contribution in [3.05, 3.63) is 0 Å². The molecule has 0 unspecified atom stereocenters. The minimum absolute atomic E-state index is 0. The molecule has 0 radical (unpaired) electrons. The van der Waals surface area contributed by atoms with Gasteiger partial charge in [-0.05, 0) is 7.05 Å². The van der Waals surface area contributed by atoms with Crippen LogP contribution in [0.2, 0.25) is 0 Å². The van der Waals surface area contributed by atoms with E-state index in [1.54, 1.807) is 0 Å². The summed E-state index contributed by atoms with van der Waals surface area (Å²) in [7, 11) is 1.85. The molecule has 0 heterocycles. The maximum atomic E-state index is 9.75. The van der Waals surface area contributed by atoms with E-state index < -0.39 is 0 Å². The SMILES string of the molecule is CNCCOCC[O-].[Na+]. The van der Waals surface area contributed by atoms with Crippen LogP contribution in [0.4, 0.5) is 0 Å². The van der Waals surface area contributed by atoms with Crippen molar-refractivity contribution in [1.82, 2.24) is 5.32 Å². The van der Waals surface area contributed by atoms with Gasteiger partial charge in [0.25, 0.3) is 0 Å². The Morgan fingerprint density at radius 2 is 2.11 bits per heavy atom. The molecule has 3 nitrogen and oxygen atoms in total. The van der Waals surface area contributed by atoms with Crippen LogP contribution in [0.15, 0.2) is 0 Å². The normalized spacial score (nSPS) is 8.67. The molecule has 50 valence electrons. The molecule has 0 fully saturated rings. The van der Waals surface area contributed by atoms with Crippen molar-refractivity contribution >= 4 is 0 Å². The fraction of sp³-hybridized carbons (Fsp3) is 1.00. The first-order chi connectivity index (χ1) is 3.91. The molecular formula is C5H12NNaO2. The maximum Gasteiger partial charge on any atom is 1.00 e. The number of rotatable bonds is 5. The van der Waals surface area contributed by atoms with Gasteiger partial charge >= 0.3 is 29.6 Å². The molecule has 0 atom stereocenters. The first kappa shape index (κ1) is 12.5. The van der Waals surface area contributed by atoms with Gasteiger partial charge in [0.2, 0.25) is 0 Å². The van der Waals surface area contributed by atoms with E-state index in [2.05, 4.69) is 5.32 Å². The van der Waals surface area contributed by atoms with Crippen molar-refractivity contribution in [2.45, 2.75) is 0 Å². The van der Waals surface area contributed by atoms with Crippen molar-refractivity contribution < 1.29 is 39.4 Å². The van der Waals surface area contributed by atoms with Crippen LogP contribution in [-0.4, -0.2) is 33.4 Å². The fourth-order valence-electron chi connectivity index (χ4n) is 0.335. The van der Waals surface area contributed by atoms with Crippen molar-refractivity contribution in [3.63, 3.8) is 0 Å². The molecule has 4 heteroatoms. The number of likely N-dealkylation sites (N-methyl/N-ethyl adjacent to an activating group) is 1. The summed E-state index contributed by atoms with van der Waals surface area (Å²) in [5, 5.41) is 12.6. The van der Waals surface area contributed by atoms with Crippen LogP contribution in [0.3, 0.4) is 0 Å². The summed E-state index contributed by atoms with van der Waals surface area (Å²) in [6.07, 6.45) is 0. The zero-order valence-electron chi connectivity index (χ0n) is 6.14. The largest absolute Gasteiger partial charge is 1.00 e. The maximum absolute atomic E-state index is 9.75. The van der Waals surface area contributed by atoms with Crippen LogP contribution in [-0.2, 0) is 4.74 Å². The van der Waals surface area contributed by atoms with E-state index in [-0.39, 0.29) is 36.2 Å². The van der Waals surface area contributed by atoms with E-state index in [4.69, 9.17) is 4.74 Å². The Hall–Kier alpha value is 0.880. The third-order valence-corrected chi connectivity index (χ3v) is 0.724. The van der Waals surface area contributed by atoms with Crippen LogP contribution in [0.5, 0.6) is 0 Å². The van der Waals surface area contributed by atoms with Gasteiger partial charge in [-0.3, -0.25) is 0 Å². The van der Waals surface area contributed by atoms with Crippen LogP contribution in [0.25, 0.3) is 0 Å². The van der Waals surface area contributed by atoms with Crippen LogP contribution in [0.1, 0.15) is 0 Å². The van der Waals surface area contributed by atoms with Crippen LogP contribution < -0.4 is 40.0 Å². The Balaban J connectivity index is 0. The first-order valence-electron chi connectivity index (χ1n) is 2.72. The van der Waals surface area contributed by atoms with Gasteiger partial charge in [0.15, 0.2) is 0 Å². The molecule has 0 aromatic heterocycles. The molecule has 0 amide bonds. The molecular weight excluding hydrogens is 129 g/mol.